The summed E-state index contributed by atoms with van der Waals surface area (Å²) in [5, 5.41) is 0. The van der Waals surface area contributed by atoms with E-state index in [9.17, 15) is 22.8 Å². The summed E-state index contributed by atoms with van der Waals surface area (Å²) in [6.07, 6.45) is -4.42. The lowest BCUT2D eigenvalue weighted by molar-refractivity contribution is -0.140. The summed E-state index contributed by atoms with van der Waals surface area (Å²) in [7, 11) is 0. The van der Waals surface area contributed by atoms with E-state index in [1.54, 1.807) is 49.9 Å². The number of esters is 1. The second-order valence-electron chi connectivity index (χ2n) is 7.85. The number of benzene rings is 1. The molecule has 1 aliphatic heterocycles. The number of hydrogen-bond acceptors (Lipinski definition) is 5. The van der Waals surface area contributed by atoms with E-state index < -0.39 is 18.2 Å². The number of halogens is 3. The van der Waals surface area contributed by atoms with Crippen LogP contribution >= 0.6 is 11.8 Å². The van der Waals surface area contributed by atoms with Crippen molar-refractivity contribution >= 4 is 23.8 Å². The topological polar surface area (TPSA) is 55.8 Å². The first-order chi connectivity index (χ1) is 13.4. The molecule has 1 aromatic rings. The minimum Gasteiger partial charge on any atom is -0.444 e. The molecule has 0 bridgehead atoms. The summed E-state index contributed by atoms with van der Waals surface area (Å²) in [6, 6.07) is 6.41. The summed E-state index contributed by atoms with van der Waals surface area (Å²) in [6.45, 7) is 6.24. The van der Waals surface area contributed by atoms with Crippen LogP contribution in [0.4, 0.5) is 18.0 Å². The molecule has 1 fully saturated rings. The number of rotatable bonds is 5. The predicted octanol–water partition coefficient (Wildman–Crippen LogP) is 5.28. The van der Waals surface area contributed by atoms with Crippen LogP contribution in [0.3, 0.4) is 0 Å². The second kappa shape index (κ2) is 9.73. The molecule has 0 aromatic heterocycles. The van der Waals surface area contributed by atoms with Gasteiger partial charge in [-0.25, -0.2) is 4.79 Å². The molecule has 0 aliphatic carbocycles. The standard InChI is InChI=1S/C20H26F3NO4S/c1-19(2,3)28-18(26)24-11-8-14(9-12-24)17(25)27-15-4-6-16(7-5-15)29-13-10-20(21,22)23/h4-7,14H,8-13H2,1-3H3. The lowest BCUT2D eigenvalue weighted by Crippen LogP contribution is -2.43. The fourth-order valence-corrected chi connectivity index (χ4v) is 3.61. The van der Waals surface area contributed by atoms with E-state index >= 15 is 0 Å². The van der Waals surface area contributed by atoms with Crippen LogP contribution in [0.2, 0.25) is 0 Å². The van der Waals surface area contributed by atoms with Crippen LogP contribution in [0, 0.1) is 5.92 Å². The van der Waals surface area contributed by atoms with Gasteiger partial charge in [-0.1, -0.05) is 0 Å². The molecule has 1 saturated heterocycles. The second-order valence-corrected chi connectivity index (χ2v) is 9.02. The average molecular weight is 433 g/mol. The SMILES string of the molecule is CC(C)(C)OC(=O)N1CCC(C(=O)Oc2ccc(SCCC(F)(F)F)cc2)CC1. The number of piperidine rings is 1. The van der Waals surface area contributed by atoms with E-state index in [0.717, 1.165) is 11.8 Å². The molecule has 0 atom stereocenters. The number of amides is 1. The van der Waals surface area contributed by atoms with Gasteiger partial charge in [0.2, 0.25) is 0 Å². The summed E-state index contributed by atoms with van der Waals surface area (Å²) in [4.78, 5) is 26.7. The highest BCUT2D eigenvalue weighted by molar-refractivity contribution is 7.99. The van der Waals surface area contributed by atoms with Crippen molar-refractivity contribution < 1.29 is 32.2 Å². The molecule has 1 aromatic carbocycles. The monoisotopic (exact) mass is 433 g/mol. The Bertz CT molecular complexity index is 693. The third-order valence-electron chi connectivity index (χ3n) is 4.18. The quantitative estimate of drug-likeness (QED) is 0.359. The number of hydrogen-bond donors (Lipinski definition) is 0. The third-order valence-corrected chi connectivity index (χ3v) is 5.19. The zero-order chi connectivity index (χ0) is 21.7. The first-order valence-electron chi connectivity index (χ1n) is 9.42. The summed E-state index contributed by atoms with van der Waals surface area (Å²) in [5.74, 6) is -0.385. The normalized spacial score (nSPS) is 15.9. The van der Waals surface area contributed by atoms with E-state index in [2.05, 4.69) is 0 Å². The molecule has 1 aliphatic rings. The summed E-state index contributed by atoms with van der Waals surface area (Å²) < 4.78 is 47.3. The van der Waals surface area contributed by atoms with Crippen LogP contribution in [-0.4, -0.2) is 47.6 Å². The molecule has 0 N–H and O–H groups in total. The number of likely N-dealkylation sites (tertiary alicyclic amines) is 1. The Morgan fingerprint density at radius 3 is 2.21 bits per heavy atom. The molecular weight excluding hydrogens is 407 g/mol. The number of carbonyl (C=O) groups is 2. The highest BCUT2D eigenvalue weighted by Crippen LogP contribution is 2.28. The van der Waals surface area contributed by atoms with Crippen molar-refractivity contribution in [2.75, 3.05) is 18.8 Å². The van der Waals surface area contributed by atoms with Crippen molar-refractivity contribution in [1.29, 1.82) is 0 Å². The van der Waals surface area contributed by atoms with Crippen LogP contribution in [0.15, 0.2) is 29.2 Å². The average Bonchev–Trinajstić information content (AvgIpc) is 2.61. The third kappa shape index (κ3) is 8.55. The van der Waals surface area contributed by atoms with Gasteiger partial charge in [-0.2, -0.15) is 13.2 Å². The van der Waals surface area contributed by atoms with Crippen LogP contribution in [0.5, 0.6) is 5.75 Å². The van der Waals surface area contributed by atoms with Gasteiger partial charge in [0, 0.05) is 23.7 Å². The molecule has 0 spiro atoms. The zero-order valence-electron chi connectivity index (χ0n) is 16.8. The lowest BCUT2D eigenvalue weighted by Gasteiger charge is -2.32. The molecule has 162 valence electrons. The van der Waals surface area contributed by atoms with Crippen LogP contribution in [0.1, 0.15) is 40.0 Å². The van der Waals surface area contributed by atoms with E-state index in [-0.39, 0.29) is 23.7 Å². The fraction of sp³-hybridized carbons (Fsp3) is 0.600. The van der Waals surface area contributed by atoms with Gasteiger partial charge in [-0.15, -0.1) is 11.8 Å². The van der Waals surface area contributed by atoms with Crippen molar-refractivity contribution in [2.45, 2.75) is 56.7 Å². The van der Waals surface area contributed by atoms with Gasteiger partial charge in [0.25, 0.3) is 0 Å². The Balaban J connectivity index is 1.77. The zero-order valence-corrected chi connectivity index (χ0v) is 17.6. The van der Waals surface area contributed by atoms with Crippen molar-refractivity contribution in [2.24, 2.45) is 5.92 Å². The van der Waals surface area contributed by atoms with E-state index in [0.29, 0.717) is 36.6 Å². The number of carbonyl (C=O) groups excluding carboxylic acids is 2. The van der Waals surface area contributed by atoms with Crippen molar-refractivity contribution in [3.63, 3.8) is 0 Å². The summed E-state index contributed by atoms with van der Waals surface area (Å²) in [5.41, 5.74) is -0.565. The molecule has 5 nitrogen and oxygen atoms in total. The highest BCUT2D eigenvalue weighted by Gasteiger charge is 2.31. The van der Waals surface area contributed by atoms with Gasteiger partial charge < -0.3 is 14.4 Å². The maximum absolute atomic E-state index is 12.4. The highest BCUT2D eigenvalue weighted by atomic mass is 32.2. The maximum atomic E-state index is 12.4. The molecule has 2 rings (SSSR count). The minimum absolute atomic E-state index is 0.0567. The van der Waals surface area contributed by atoms with E-state index in [1.165, 1.54) is 0 Å². The number of thioether (sulfide) groups is 1. The smallest absolute Gasteiger partial charge is 0.410 e. The molecule has 1 heterocycles. The number of ether oxygens (including phenoxy) is 2. The fourth-order valence-electron chi connectivity index (χ4n) is 2.71. The molecule has 9 heteroatoms. The Morgan fingerprint density at radius 1 is 1.10 bits per heavy atom. The summed E-state index contributed by atoms with van der Waals surface area (Å²) >= 11 is 1.10. The van der Waals surface area contributed by atoms with Crippen LogP contribution in [-0.2, 0) is 9.53 Å². The molecule has 0 saturated carbocycles. The molecular formula is C20H26F3NO4S. The Hall–Kier alpha value is -1.90. The van der Waals surface area contributed by atoms with Crippen molar-refractivity contribution in [3.8, 4) is 5.75 Å². The number of alkyl halides is 3. The van der Waals surface area contributed by atoms with Gasteiger partial charge >= 0.3 is 18.2 Å². The van der Waals surface area contributed by atoms with Gasteiger partial charge in [0.1, 0.15) is 11.4 Å². The minimum atomic E-state index is -4.17. The molecule has 1 amide bonds. The van der Waals surface area contributed by atoms with Gasteiger partial charge in [-0.05, 0) is 57.9 Å². The maximum Gasteiger partial charge on any atom is 0.410 e. The lowest BCUT2D eigenvalue weighted by atomic mass is 9.97. The Labute approximate surface area is 172 Å². The van der Waals surface area contributed by atoms with Crippen molar-refractivity contribution in [1.82, 2.24) is 4.90 Å². The van der Waals surface area contributed by atoms with Gasteiger partial charge in [0.05, 0.1) is 12.3 Å². The Kier molecular flexibility index (Phi) is 7.85. The molecule has 0 unspecified atom stereocenters. The largest absolute Gasteiger partial charge is 0.444 e. The first-order valence-corrected chi connectivity index (χ1v) is 10.4. The van der Waals surface area contributed by atoms with Gasteiger partial charge in [0.15, 0.2) is 0 Å². The Morgan fingerprint density at radius 2 is 1.69 bits per heavy atom. The molecule has 0 radical (unpaired) electrons. The first kappa shape index (κ1) is 23.4. The van der Waals surface area contributed by atoms with Crippen molar-refractivity contribution in [3.05, 3.63) is 24.3 Å². The van der Waals surface area contributed by atoms with Crippen LogP contribution in [0.25, 0.3) is 0 Å². The van der Waals surface area contributed by atoms with E-state index in [1.807, 2.05) is 0 Å². The van der Waals surface area contributed by atoms with Gasteiger partial charge in [-0.3, -0.25) is 4.79 Å². The number of nitrogens with zero attached hydrogens (tertiary/aromatic N) is 1. The predicted molar refractivity (Wildman–Crippen MR) is 104 cm³/mol. The van der Waals surface area contributed by atoms with E-state index in [4.69, 9.17) is 9.47 Å². The molecule has 29 heavy (non-hydrogen) atoms. The van der Waals surface area contributed by atoms with Crippen LogP contribution < -0.4 is 4.74 Å².